The highest BCUT2D eigenvalue weighted by atomic mass is 32.1. The summed E-state index contributed by atoms with van der Waals surface area (Å²) in [6.07, 6.45) is 0.913. The Balaban J connectivity index is 2.42. The smallest absolute Gasteiger partial charge is 0.303 e. The summed E-state index contributed by atoms with van der Waals surface area (Å²) in [4.78, 5) is 17.2. The summed E-state index contributed by atoms with van der Waals surface area (Å²) in [7, 11) is 2.00. The number of hydrogen-bond acceptors (Lipinski definition) is 4. The van der Waals surface area contributed by atoms with E-state index in [1.807, 2.05) is 7.05 Å². The van der Waals surface area contributed by atoms with Crippen molar-refractivity contribution in [2.24, 2.45) is 0 Å². The maximum atomic E-state index is 10.4. The highest BCUT2D eigenvalue weighted by Gasteiger charge is 2.18. The first-order chi connectivity index (χ1) is 8.29. The molecule has 4 nitrogen and oxygen atoms in total. The first kappa shape index (κ1) is 15.1. The van der Waals surface area contributed by atoms with Gasteiger partial charge in [-0.25, -0.2) is 4.98 Å². The van der Waals surface area contributed by atoms with E-state index in [0.29, 0.717) is 6.42 Å². The van der Waals surface area contributed by atoms with Crippen molar-refractivity contribution >= 4 is 17.3 Å². The molecule has 0 spiro atoms. The Kier molecular flexibility index (Phi) is 5.28. The van der Waals surface area contributed by atoms with Gasteiger partial charge in [0.1, 0.15) is 0 Å². The van der Waals surface area contributed by atoms with Crippen molar-refractivity contribution in [2.45, 2.75) is 45.6 Å². The summed E-state index contributed by atoms with van der Waals surface area (Å²) in [6, 6.07) is 0. The van der Waals surface area contributed by atoms with Crippen molar-refractivity contribution in [2.75, 3.05) is 13.6 Å². The molecule has 0 aromatic carbocycles. The lowest BCUT2D eigenvalue weighted by Gasteiger charge is -2.15. The molecular weight excluding hydrogens is 248 g/mol. The van der Waals surface area contributed by atoms with Gasteiger partial charge in [-0.05, 0) is 20.0 Å². The van der Waals surface area contributed by atoms with Gasteiger partial charge in [0.05, 0.1) is 10.7 Å². The zero-order chi connectivity index (χ0) is 13.8. The maximum absolute atomic E-state index is 10.4. The molecular formula is C13H22N2O2S. The lowest BCUT2D eigenvalue weighted by molar-refractivity contribution is -0.137. The van der Waals surface area contributed by atoms with Crippen LogP contribution in [0.4, 0.5) is 0 Å². The number of aliphatic carboxylic acids is 1. The molecule has 0 fully saturated rings. The number of thiazole rings is 1. The lowest BCUT2D eigenvalue weighted by atomic mass is 9.98. The van der Waals surface area contributed by atoms with Crippen molar-refractivity contribution in [1.82, 2.24) is 9.88 Å². The van der Waals surface area contributed by atoms with E-state index in [0.717, 1.165) is 23.8 Å². The number of aromatic nitrogens is 1. The molecule has 0 bridgehead atoms. The zero-order valence-electron chi connectivity index (χ0n) is 11.6. The number of hydrogen-bond donors (Lipinski definition) is 1. The van der Waals surface area contributed by atoms with Gasteiger partial charge in [-0.15, -0.1) is 11.3 Å². The monoisotopic (exact) mass is 270 g/mol. The molecule has 0 atom stereocenters. The first-order valence-electron chi connectivity index (χ1n) is 6.14. The van der Waals surface area contributed by atoms with Crippen LogP contribution >= 0.6 is 11.3 Å². The van der Waals surface area contributed by atoms with Crippen molar-refractivity contribution in [3.63, 3.8) is 0 Å². The Morgan fingerprint density at radius 2 is 2.17 bits per heavy atom. The normalized spacial score (nSPS) is 12.1. The zero-order valence-corrected chi connectivity index (χ0v) is 12.4. The van der Waals surface area contributed by atoms with Gasteiger partial charge in [-0.2, -0.15) is 0 Å². The molecule has 1 N–H and O–H groups in total. The fourth-order valence-electron chi connectivity index (χ4n) is 1.58. The van der Waals surface area contributed by atoms with Crippen LogP contribution in [0, 0.1) is 0 Å². The Hall–Kier alpha value is -0.940. The van der Waals surface area contributed by atoms with Gasteiger partial charge in [0, 0.05) is 23.8 Å². The molecule has 0 amide bonds. The van der Waals surface area contributed by atoms with E-state index < -0.39 is 5.97 Å². The minimum atomic E-state index is -0.730. The molecule has 0 unspecified atom stereocenters. The highest BCUT2D eigenvalue weighted by Crippen LogP contribution is 2.25. The molecule has 5 heteroatoms. The molecule has 1 aromatic rings. The van der Waals surface area contributed by atoms with Crippen LogP contribution in [0.15, 0.2) is 5.38 Å². The average Bonchev–Trinajstić information content (AvgIpc) is 2.64. The van der Waals surface area contributed by atoms with E-state index >= 15 is 0 Å². The van der Waals surface area contributed by atoms with E-state index in [1.54, 1.807) is 11.3 Å². The fourth-order valence-corrected chi connectivity index (χ4v) is 2.48. The molecule has 1 rings (SSSR count). The molecule has 0 saturated carbocycles. The second kappa shape index (κ2) is 6.29. The molecule has 0 saturated heterocycles. The Morgan fingerprint density at radius 3 is 2.67 bits per heavy atom. The van der Waals surface area contributed by atoms with Gasteiger partial charge in [-0.3, -0.25) is 4.79 Å². The van der Waals surface area contributed by atoms with Crippen LogP contribution in [0.3, 0.4) is 0 Å². The third kappa shape index (κ3) is 5.14. The van der Waals surface area contributed by atoms with E-state index in [-0.39, 0.29) is 11.8 Å². The van der Waals surface area contributed by atoms with Crippen LogP contribution < -0.4 is 0 Å². The predicted octanol–water partition coefficient (Wildman–Crippen LogP) is 2.74. The average molecular weight is 270 g/mol. The van der Waals surface area contributed by atoms with Crippen LogP contribution in [0.2, 0.25) is 0 Å². The Labute approximate surface area is 113 Å². The van der Waals surface area contributed by atoms with Gasteiger partial charge < -0.3 is 10.0 Å². The molecule has 18 heavy (non-hydrogen) atoms. The molecule has 0 aliphatic rings. The lowest BCUT2D eigenvalue weighted by Crippen LogP contribution is -2.20. The molecule has 0 radical (unpaired) electrons. The van der Waals surface area contributed by atoms with Crippen LogP contribution in [-0.4, -0.2) is 34.6 Å². The summed E-state index contributed by atoms with van der Waals surface area (Å²) in [5.74, 6) is -0.730. The fraction of sp³-hybridized carbons (Fsp3) is 0.692. The van der Waals surface area contributed by atoms with Crippen molar-refractivity contribution in [3.05, 3.63) is 16.1 Å². The molecule has 0 aliphatic carbocycles. The van der Waals surface area contributed by atoms with Gasteiger partial charge in [-0.1, -0.05) is 20.8 Å². The third-order valence-electron chi connectivity index (χ3n) is 2.56. The van der Waals surface area contributed by atoms with Crippen LogP contribution in [0.5, 0.6) is 0 Å². The van der Waals surface area contributed by atoms with Gasteiger partial charge >= 0.3 is 5.97 Å². The summed E-state index contributed by atoms with van der Waals surface area (Å²) in [5.41, 5.74) is 1.17. The molecule has 102 valence electrons. The predicted molar refractivity (Wildman–Crippen MR) is 74.0 cm³/mol. The maximum Gasteiger partial charge on any atom is 0.303 e. The molecule has 1 heterocycles. The van der Waals surface area contributed by atoms with Gasteiger partial charge in [0.25, 0.3) is 0 Å². The summed E-state index contributed by atoms with van der Waals surface area (Å²) < 4.78 is 0. The van der Waals surface area contributed by atoms with Gasteiger partial charge in [0.15, 0.2) is 0 Å². The van der Waals surface area contributed by atoms with Crippen molar-refractivity contribution in [1.29, 1.82) is 0 Å². The number of carboxylic acids is 1. The minimum Gasteiger partial charge on any atom is -0.481 e. The number of nitrogens with zero attached hydrogens (tertiary/aromatic N) is 2. The van der Waals surface area contributed by atoms with E-state index in [4.69, 9.17) is 5.11 Å². The highest BCUT2D eigenvalue weighted by molar-refractivity contribution is 7.09. The minimum absolute atomic E-state index is 0.102. The van der Waals surface area contributed by atoms with Crippen LogP contribution in [0.25, 0.3) is 0 Å². The van der Waals surface area contributed by atoms with Crippen LogP contribution in [0.1, 0.15) is 44.3 Å². The van der Waals surface area contributed by atoms with Gasteiger partial charge in [0.2, 0.25) is 0 Å². The SMILES string of the molecule is CN(CCCC(=O)O)Cc1csc(C(C)(C)C)n1. The van der Waals surface area contributed by atoms with E-state index in [1.165, 1.54) is 0 Å². The number of carbonyl (C=O) groups is 1. The standard InChI is InChI=1S/C13H22N2O2S/c1-13(2,3)12-14-10(9-18-12)8-15(4)7-5-6-11(16)17/h9H,5-8H2,1-4H3,(H,16,17). The summed E-state index contributed by atoms with van der Waals surface area (Å²) in [5, 5.41) is 11.8. The summed E-state index contributed by atoms with van der Waals surface area (Å²) >= 11 is 1.70. The van der Waals surface area contributed by atoms with E-state index in [2.05, 4.69) is 36.0 Å². The molecule has 0 aliphatic heterocycles. The first-order valence-corrected chi connectivity index (χ1v) is 7.02. The van der Waals surface area contributed by atoms with E-state index in [9.17, 15) is 4.79 Å². The second-order valence-corrected chi connectivity index (χ2v) is 6.49. The number of carboxylic acid groups (broad SMARTS) is 1. The van der Waals surface area contributed by atoms with Crippen molar-refractivity contribution in [3.8, 4) is 0 Å². The van der Waals surface area contributed by atoms with Crippen molar-refractivity contribution < 1.29 is 9.90 Å². The molecule has 1 aromatic heterocycles. The van der Waals surface area contributed by atoms with Crippen LogP contribution in [-0.2, 0) is 16.8 Å². The topological polar surface area (TPSA) is 53.4 Å². The number of rotatable bonds is 6. The Morgan fingerprint density at radius 1 is 1.50 bits per heavy atom. The third-order valence-corrected chi connectivity index (χ3v) is 3.87. The largest absolute Gasteiger partial charge is 0.481 e. The second-order valence-electron chi connectivity index (χ2n) is 5.63. The Bertz CT molecular complexity index is 396. The quantitative estimate of drug-likeness (QED) is 0.863. The summed E-state index contributed by atoms with van der Waals surface area (Å²) in [6.45, 7) is 8.05.